The Morgan fingerprint density at radius 2 is 2.17 bits per heavy atom. The second kappa shape index (κ2) is 9.52. The number of thiazole rings is 1. The molecule has 5 nitrogen and oxygen atoms in total. The van der Waals surface area contributed by atoms with Crippen molar-refractivity contribution in [3.8, 4) is 16.3 Å². The third-order valence-electron chi connectivity index (χ3n) is 4.95. The molecule has 2 aromatic heterocycles. The number of fused-ring (bicyclic) bond motifs is 1. The molecular formula is C22H25N3O2S2. The molecular weight excluding hydrogens is 402 g/mol. The molecule has 1 aromatic carbocycles. The average Bonchev–Trinajstić information content (AvgIpc) is 3.38. The summed E-state index contributed by atoms with van der Waals surface area (Å²) < 4.78 is 5.69. The summed E-state index contributed by atoms with van der Waals surface area (Å²) in [6, 6.07) is 10.1. The number of carbonyl (C=O) groups is 1. The summed E-state index contributed by atoms with van der Waals surface area (Å²) in [6.07, 6.45) is 1.42. The van der Waals surface area contributed by atoms with Gasteiger partial charge in [0.1, 0.15) is 10.8 Å². The standard InChI is InChI=1S/C22H25N3O2S2/c1-2-27-19-6-4-3-5-18(19)22-24-17(15-29-22)13-21(26)23-9-11-25-10-7-20-16(14-25)8-12-28-20/h3-6,8,12,15H,2,7,9-11,13-14H2,1H3,(H,23,26). The fourth-order valence-electron chi connectivity index (χ4n) is 3.51. The van der Waals surface area contributed by atoms with Crippen LogP contribution >= 0.6 is 22.7 Å². The van der Waals surface area contributed by atoms with E-state index >= 15 is 0 Å². The number of nitrogens with zero attached hydrogens (tertiary/aromatic N) is 2. The van der Waals surface area contributed by atoms with Crippen LogP contribution in [0.4, 0.5) is 0 Å². The van der Waals surface area contributed by atoms with Crippen LogP contribution in [0.25, 0.3) is 10.6 Å². The summed E-state index contributed by atoms with van der Waals surface area (Å²) >= 11 is 3.40. The molecule has 3 heterocycles. The Labute approximate surface area is 179 Å². The molecule has 0 radical (unpaired) electrons. The lowest BCUT2D eigenvalue weighted by atomic mass is 10.1. The number of rotatable bonds is 8. The second-order valence-electron chi connectivity index (χ2n) is 7.00. The topological polar surface area (TPSA) is 54.5 Å². The van der Waals surface area contributed by atoms with E-state index in [1.807, 2.05) is 47.9 Å². The first-order chi connectivity index (χ1) is 14.2. The van der Waals surface area contributed by atoms with Crippen molar-refractivity contribution in [1.29, 1.82) is 0 Å². The molecule has 0 aliphatic carbocycles. The monoisotopic (exact) mass is 427 g/mol. The van der Waals surface area contributed by atoms with Gasteiger partial charge < -0.3 is 10.1 Å². The fourth-order valence-corrected chi connectivity index (χ4v) is 5.25. The minimum atomic E-state index is 0.0215. The van der Waals surface area contributed by atoms with Crippen molar-refractivity contribution < 1.29 is 9.53 Å². The van der Waals surface area contributed by atoms with Gasteiger partial charge in [0.2, 0.25) is 5.91 Å². The molecule has 0 atom stereocenters. The predicted molar refractivity (Wildman–Crippen MR) is 119 cm³/mol. The zero-order valence-electron chi connectivity index (χ0n) is 16.5. The van der Waals surface area contributed by atoms with Crippen molar-refractivity contribution in [2.75, 3.05) is 26.2 Å². The Balaban J connectivity index is 1.27. The SMILES string of the molecule is CCOc1ccccc1-c1nc(CC(=O)NCCN2CCc3sccc3C2)cs1. The number of benzene rings is 1. The van der Waals surface area contributed by atoms with Gasteiger partial charge in [0.15, 0.2) is 0 Å². The zero-order chi connectivity index (χ0) is 20.1. The largest absolute Gasteiger partial charge is 0.493 e. The van der Waals surface area contributed by atoms with Gasteiger partial charge in [0.25, 0.3) is 0 Å². The van der Waals surface area contributed by atoms with Crippen LogP contribution in [-0.2, 0) is 24.2 Å². The highest BCUT2D eigenvalue weighted by atomic mass is 32.1. The van der Waals surface area contributed by atoms with Gasteiger partial charge in [-0.1, -0.05) is 12.1 Å². The van der Waals surface area contributed by atoms with Crippen LogP contribution in [0.3, 0.4) is 0 Å². The van der Waals surface area contributed by atoms with Gasteiger partial charge >= 0.3 is 0 Å². The molecule has 29 heavy (non-hydrogen) atoms. The van der Waals surface area contributed by atoms with E-state index in [0.29, 0.717) is 19.6 Å². The molecule has 1 aliphatic rings. The van der Waals surface area contributed by atoms with E-state index in [-0.39, 0.29) is 5.91 Å². The van der Waals surface area contributed by atoms with Crippen molar-refractivity contribution in [1.82, 2.24) is 15.2 Å². The summed E-state index contributed by atoms with van der Waals surface area (Å²) in [5, 5.41) is 8.05. The van der Waals surface area contributed by atoms with Crippen LogP contribution in [0.15, 0.2) is 41.1 Å². The minimum Gasteiger partial charge on any atom is -0.493 e. The third-order valence-corrected chi connectivity index (χ3v) is 6.90. The van der Waals surface area contributed by atoms with Crippen molar-refractivity contribution >= 4 is 28.6 Å². The maximum atomic E-state index is 12.3. The van der Waals surface area contributed by atoms with Crippen LogP contribution in [0.1, 0.15) is 23.1 Å². The van der Waals surface area contributed by atoms with E-state index < -0.39 is 0 Å². The van der Waals surface area contributed by atoms with Gasteiger partial charge in [-0.3, -0.25) is 9.69 Å². The Morgan fingerprint density at radius 3 is 3.07 bits per heavy atom. The highest BCUT2D eigenvalue weighted by Gasteiger charge is 2.17. The molecule has 0 spiro atoms. The molecule has 3 aromatic rings. The Bertz CT molecular complexity index is 966. The van der Waals surface area contributed by atoms with Crippen LogP contribution in [0, 0.1) is 0 Å². The number of carbonyl (C=O) groups excluding carboxylic acids is 1. The first-order valence-corrected chi connectivity index (χ1v) is 11.7. The highest BCUT2D eigenvalue weighted by molar-refractivity contribution is 7.13. The number of aromatic nitrogens is 1. The minimum absolute atomic E-state index is 0.0215. The van der Waals surface area contributed by atoms with E-state index in [1.54, 1.807) is 11.3 Å². The zero-order valence-corrected chi connectivity index (χ0v) is 18.2. The number of amides is 1. The lowest BCUT2D eigenvalue weighted by Gasteiger charge is -2.26. The van der Waals surface area contributed by atoms with Crippen LogP contribution in [0.2, 0.25) is 0 Å². The summed E-state index contributed by atoms with van der Waals surface area (Å²) in [4.78, 5) is 20.9. The van der Waals surface area contributed by atoms with E-state index in [2.05, 4.69) is 26.6 Å². The number of ether oxygens (including phenoxy) is 1. The molecule has 0 bridgehead atoms. The smallest absolute Gasteiger partial charge is 0.226 e. The first-order valence-electron chi connectivity index (χ1n) is 9.94. The summed E-state index contributed by atoms with van der Waals surface area (Å²) in [5.41, 5.74) is 3.22. The molecule has 1 amide bonds. The lowest BCUT2D eigenvalue weighted by Crippen LogP contribution is -2.37. The predicted octanol–water partition coefficient (Wildman–Crippen LogP) is 3.99. The Kier molecular flexibility index (Phi) is 6.59. The van der Waals surface area contributed by atoms with Crippen molar-refractivity contribution in [2.45, 2.75) is 26.3 Å². The van der Waals surface area contributed by atoms with Gasteiger partial charge in [-0.25, -0.2) is 4.98 Å². The van der Waals surface area contributed by atoms with Crippen LogP contribution in [0.5, 0.6) is 5.75 Å². The summed E-state index contributed by atoms with van der Waals surface area (Å²) in [5.74, 6) is 0.851. The average molecular weight is 428 g/mol. The molecule has 1 aliphatic heterocycles. The summed E-state index contributed by atoms with van der Waals surface area (Å²) in [6.45, 7) is 6.19. The number of para-hydroxylation sites is 1. The van der Waals surface area contributed by atoms with Crippen LogP contribution in [-0.4, -0.2) is 42.0 Å². The van der Waals surface area contributed by atoms with Crippen molar-refractivity contribution in [2.24, 2.45) is 0 Å². The van der Waals surface area contributed by atoms with E-state index in [9.17, 15) is 4.79 Å². The normalized spacial score (nSPS) is 13.8. The Morgan fingerprint density at radius 1 is 1.28 bits per heavy atom. The van der Waals surface area contributed by atoms with Gasteiger partial charge in [0.05, 0.1) is 24.3 Å². The maximum Gasteiger partial charge on any atom is 0.226 e. The van der Waals surface area contributed by atoms with Crippen molar-refractivity contribution in [3.63, 3.8) is 0 Å². The number of hydrogen-bond acceptors (Lipinski definition) is 6. The second-order valence-corrected chi connectivity index (χ2v) is 8.85. The van der Waals surface area contributed by atoms with E-state index in [4.69, 9.17) is 4.74 Å². The number of thiophene rings is 1. The summed E-state index contributed by atoms with van der Waals surface area (Å²) in [7, 11) is 0. The molecule has 0 saturated carbocycles. The fraction of sp³-hybridized carbons (Fsp3) is 0.364. The molecule has 4 rings (SSSR count). The molecule has 0 unspecified atom stereocenters. The molecule has 0 saturated heterocycles. The molecule has 0 fully saturated rings. The van der Waals surface area contributed by atoms with E-state index in [1.165, 1.54) is 10.4 Å². The van der Waals surface area contributed by atoms with Gasteiger partial charge in [-0.2, -0.15) is 0 Å². The number of hydrogen-bond donors (Lipinski definition) is 1. The van der Waals surface area contributed by atoms with Crippen molar-refractivity contribution in [3.05, 3.63) is 57.2 Å². The quantitative estimate of drug-likeness (QED) is 0.591. The maximum absolute atomic E-state index is 12.3. The molecule has 1 N–H and O–H groups in total. The lowest BCUT2D eigenvalue weighted by molar-refractivity contribution is -0.120. The van der Waals surface area contributed by atoms with Gasteiger partial charge in [-0.15, -0.1) is 22.7 Å². The van der Waals surface area contributed by atoms with Gasteiger partial charge in [-0.05, 0) is 42.5 Å². The first kappa shape index (κ1) is 20.1. The van der Waals surface area contributed by atoms with Gasteiger partial charge in [0, 0.05) is 36.4 Å². The molecule has 7 heteroatoms. The van der Waals surface area contributed by atoms with Crippen LogP contribution < -0.4 is 10.1 Å². The highest BCUT2D eigenvalue weighted by Crippen LogP contribution is 2.32. The van der Waals surface area contributed by atoms with E-state index in [0.717, 1.165) is 48.1 Å². The molecule has 152 valence electrons. The third kappa shape index (κ3) is 5.04. The Hall–Kier alpha value is -2.22. The number of nitrogens with one attached hydrogen (secondary N) is 1.